The molecule has 2 aromatic rings. The molecular formula is C21H32Cl2N4O. The molecule has 1 aromatic heterocycles. The van der Waals surface area contributed by atoms with Crippen LogP contribution in [0.4, 0.5) is 0 Å². The first-order valence-corrected chi connectivity index (χ1v) is 10.1. The van der Waals surface area contributed by atoms with Crippen molar-refractivity contribution < 1.29 is 4.79 Å². The number of fused-ring (bicyclic) bond motifs is 2. The number of para-hydroxylation sites is 2. The van der Waals surface area contributed by atoms with Crippen LogP contribution in [-0.2, 0) is 11.2 Å². The standard InChI is InChI=1S/C21H30N4O.2ClH/c1-14(2)25-19-10-6-5-9-17(19)24-20(25)11-12-22-21(26)18-13-15-7-3-4-8-16(15)23-18;;/h5-6,9-10,14-16,18,23H,3-4,7-8,11-13H2,1-2H3,(H,22,26);2*1H. The quantitative estimate of drug-likeness (QED) is 0.757. The molecule has 0 spiro atoms. The summed E-state index contributed by atoms with van der Waals surface area (Å²) in [6.07, 6.45) is 6.89. The van der Waals surface area contributed by atoms with E-state index in [1.54, 1.807) is 0 Å². The van der Waals surface area contributed by atoms with Crippen molar-refractivity contribution in [2.75, 3.05) is 6.54 Å². The minimum atomic E-state index is -0.00739. The Morgan fingerprint density at radius 2 is 2.00 bits per heavy atom. The summed E-state index contributed by atoms with van der Waals surface area (Å²) in [5.41, 5.74) is 2.20. The summed E-state index contributed by atoms with van der Waals surface area (Å²) in [5, 5.41) is 6.70. The Balaban J connectivity index is 0.00000140. The van der Waals surface area contributed by atoms with Gasteiger partial charge in [-0.1, -0.05) is 25.0 Å². The number of aromatic nitrogens is 2. The minimum absolute atomic E-state index is 0. The first-order chi connectivity index (χ1) is 12.6. The number of benzene rings is 1. The van der Waals surface area contributed by atoms with Crippen LogP contribution in [0.25, 0.3) is 11.0 Å². The van der Waals surface area contributed by atoms with E-state index in [9.17, 15) is 4.79 Å². The predicted octanol–water partition coefficient (Wildman–Crippen LogP) is 4.04. The Morgan fingerprint density at radius 1 is 1.25 bits per heavy atom. The average molecular weight is 427 g/mol. The molecule has 7 heteroatoms. The predicted molar refractivity (Wildman–Crippen MR) is 119 cm³/mol. The van der Waals surface area contributed by atoms with Gasteiger partial charge in [-0.2, -0.15) is 0 Å². The second kappa shape index (κ2) is 9.95. The maximum absolute atomic E-state index is 12.6. The van der Waals surface area contributed by atoms with E-state index in [1.807, 2.05) is 6.07 Å². The molecule has 3 atom stereocenters. The number of halogens is 2. The highest BCUT2D eigenvalue weighted by Crippen LogP contribution is 2.33. The van der Waals surface area contributed by atoms with E-state index >= 15 is 0 Å². The van der Waals surface area contributed by atoms with Crippen molar-refractivity contribution in [2.24, 2.45) is 5.92 Å². The first kappa shape index (κ1) is 23.0. The number of nitrogens with one attached hydrogen (secondary N) is 2. The maximum Gasteiger partial charge on any atom is 0.237 e. The summed E-state index contributed by atoms with van der Waals surface area (Å²) in [6.45, 7) is 5.00. The molecule has 1 saturated heterocycles. The Kier molecular flexibility index (Phi) is 8.17. The Bertz CT molecular complexity index is 778. The number of carbonyl (C=O) groups is 1. The molecule has 156 valence electrons. The van der Waals surface area contributed by atoms with Gasteiger partial charge in [-0.25, -0.2) is 4.98 Å². The van der Waals surface area contributed by atoms with Crippen LogP contribution in [0.2, 0.25) is 0 Å². The molecule has 1 aromatic carbocycles. The Labute approximate surface area is 179 Å². The van der Waals surface area contributed by atoms with Crippen LogP contribution < -0.4 is 10.6 Å². The van der Waals surface area contributed by atoms with E-state index in [2.05, 4.69) is 47.2 Å². The molecule has 1 aliphatic heterocycles. The summed E-state index contributed by atoms with van der Waals surface area (Å²) in [4.78, 5) is 17.4. The third-order valence-corrected chi connectivity index (χ3v) is 6.01. The van der Waals surface area contributed by atoms with Gasteiger partial charge in [0, 0.05) is 25.0 Å². The molecule has 5 nitrogen and oxygen atoms in total. The van der Waals surface area contributed by atoms with Crippen molar-refractivity contribution in [3.63, 3.8) is 0 Å². The van der Waals surface area contributed by atoms with E-state index in [0.29, 0.717) is 24.5 Å². The van der Waals surface area contributed by atoms with Gasteiger partial charge >= 0.3 is 0 Å². The fourth-order valence-corrected chi connectivity index (χ4v) is 4.79. The summed E-state index contributed by atoms with van der Waals surface area (Å²) in [6, 6.07) is 9.16. The average Bonchev–Trinajstić information content (AvgIpc) is 3.22. The van der Waals surface area contributed by atoms with E-state index in [-0.39, 0.29) is 36.8 Å². The van der Waals surface area contributed by atoms with Crippen molar-refractivity contribution in [1.82, 2.24) is 20.2 Å². The topological polar surface area (TPSA) is 59.0 Å². The lowest BCUT2D eigenvalue weighted by Crippen LogP contribution is -2.43. The van der Waals surface area contributed by atoms with Crippen LogP contribution in [0.15, 0.2) is 24.3 Å². The monoisotopic (exact) mass is 426 g/mol. The molecule has 4 rings (SSSR count). The second-order valence-corrected chi connectivity index (χ2v) is 8.13. The van der Waals surface area contributed by atoms with E-state index < -0.39 is 0 Å². The normalized spacial score (nSPS) is 23.8. The third kappa shape index (κ3) is 4.64. The number of nitrogens with zero attached hydrogens (tertiary/aromatic N) is 2. The van der Waals surface area contributed by atoms with E-state index in [4.69, 9.17) is 4.98 Å². The summed E-state index contributed by atoms with van der Waals surface area (Å²) >= 11 is 0. The molecule has 2 heterocycles. The molecular weight excluding hydrogens is 395 g/mol. The van der Waals surface area contributed by atoms with Crippen LogP contribution in [0.3, 0.4) is 0 Å². The summed E-state index contributed by atoms with van der Waals surface area (Å²) < 4.78 is 2.28. The molecule has 1 saturated carbocycles. The van der Waals surface area contributed by atoms with Crippen molar-refractivity contribution in [3.05, 3.63) is 30.1 Å². The van der Waals surface area contributed by atoms with Gasteiger partial charge in [0.1, 0.15) is 5.82 Å². The fraction of sp³-hybridized carbons (Fsp3) is 0.619. The highest BCUT2D eigenvalue weighted by atomic mass is 35.5. The van der Waals surface area contributed by atoms with Gasteiger partial charge in [0.25, 0.3) is 0 Å². The molecule has 3 unspecified atom stereocenters. The van der Waals surface area contributed by atoms with Crippen molar-refractivity contribution in [1.29, 1.82) is 0 Å². The molecule has 2 fully saturated rings. The number of carbonyl (C=O) groups excluding carboxylic acids is 1. The largest absolute Gasteiger partial charge is 0.354 e. The third-order valence-electron chi connectivity index (χ3n) is 6.01. The summed E-state index contributed by atoms with van der Waals surface area (Å²) in [5.74, 6) is 1.91. The van der Waals surface area contributed by atoms with Crippen molar-refractivity contribution in [3.8, 4) is 0 Å². The molecule has 2 N–H and O–H groups in total. The van der Waals surface area contributed by atoms with Gasteiger partial charge < -0.3 is 15.2 Å². The molecule has 2 aliphatic rings. The Hall–Kier alpha value is -1.30. The van der Waals surface area contributed by atoms with Crippen LogP contribution in [0, 0.1) is 5.92 Å². The lowest BCUT2D eigenvalue weighted by molar-refractivity contribution is -0.122. The number of imidazole rings is 1. The zero-order valence-corrected chi connectivity index (χ0v) is 18.3. The molecule has 0 radical (unpaired) electrons. The van der Waals surface area contributed by atoms with Crippen LogP contribution in [0.5, 0.6) is 0 Å². The lowest BCUT2D eigenvalue weighted by Gasteiger charge is -2.24. The highest BCUT2D eigenvalue weighted by Gasteiger charge is 2.37. The Morgan fingerprint density at radius 3 is 2.75 bits per heavy atom. The number of hydrogen-bond acceptors (Lipinski definition) is 3. The molecule has 1 aliphatic carbocycles. The van der Waals surface area contributed by atoms with Gasteiger partial charge in [-0.05, 0) is 51.2 Å². The van der Waals surface area contributed by atoms with E-state index in [0.717, 1.165) is 24.2 Å². The van der Waals surface area contributed by atoms with Gasteiger partial charge in [-0.15, -0.1) is 24.8 Å². The molecule has 0 bridgehead atoms. The smallest absolute Gasteiger partial charge is 0.237 e. The molecule has 1 amide bonds. The zero-order chi connectivity index (χ0) is 18.1. The number of hydrogen-bond donors (Lipinski definition) is 2. The van der Waals surface area contributed by atoms with Gasteiger partial charge in [0.2, 0.25) is 5.91 Å². The first-order valence-electron chi connectivity index (χ1n) is 10.1. The fourth-order valence-electron chi connectivity index (χ4n) is 4.79. The van der Waals surface area contributed by atoms with Crippen LogP contribution >= 0.6 is 24.8 Å². The van der Waals surface area contributed by atoms with Crippen LogP contribution in [0.1, 0.15) is 57.8 Å². The van der Waals surface area contributed by atoms with Gasteiger partial charge in [0.05, 0.1) is 17.1 Å². The minimum Gasteiger partial charge on any atom is -0.354 e. The zero-order valence-electron chi connectivity index (χ0n) is 16.7. The van der Waals surface area contributed by atoms with Crippen molar-refractivity contribution in [2.45, 2.75) is 70.5 Å². The highest BCUT2D eigenvalue weighted by molar-refractivity contribution is 5.85. The van der Waals surface area contributed by atoms with E-state index in [1.165, 1.54) is 31.2 Å². The van der Waals surface area contributed by atoms with Gasteiger partial charge in [-0.3, -0.25) is 4.79 Å². The van der Waals surface area contributed by atoms with Crippen LogP contribution in [-0.4, -0.2) is 34.1 Å². The number of amides is 1. The SMILES string of the molecule is CC(C)n1c(CCNC(=O)C2CC3CCCCC3N2)nc2ccccc21.Cl.Cl. The second-order valence-electron chi connectivity index (χ2n) is 8.13. The van der Waals surface area contributed by atoms with Crippen molar-refractivity contribution >= 4 is 41.8 Å². The summed E-state index contributed by atoms with van der Waals surface area (Å²) in [7, 11) is 0. The maximum atomic E-state index is 12.6. The lowest BCUT2D eigenvalue weighted by atomic mass is 9.85. The van der Waals surface area contributed by atoms with Gasteiger partial charge in [0.15, 0.2) is 0 Å². The number of rotatable bonds is 5. The molecule has 28 heavy (non-hydrogen) atoms.